The molecule has 1 aromatic carbocycles. The average Bonchev–Trinajstić information content (AvgIpc) is 2.81. The highest BCUT2D eigenvalue weighted by Crippen LogP contribution is 2.27. The van der Waals surface area contributed by atoms with Gasteiger partial charge in [-0.2, -0.15) is 10.5 Å². The van der Waals surface area contributed by atoms with E-state index in [0.717, 1.165) is 10.4 Å². The van der Waals surface area contributed by atoms with E-state index in [1.807, 2.05) is 0 Å². The molecule has 3 nitrogen and oxygen atoms in total. The minimum atomic E-state index is 0.553. The van der Waals surface area contributed by atoms with Crippen LogP contribution in [0, 0.1) is 22.7 Å². The molecule has 0 N–H and O–H groups in total. The van der Waals surface area contributed by atoms with Gasteiger partial charge in [-0.3, -0.25) is 4.98 Å². The summed E-state index contributed by atoms with van der Waals surface area (Å²) >= 11 is 1.45. The quantitative estimate of drug-likeness (QED) is 0.728. The van der Waals surface area contributed by atoms with E-state index in [1.165, 1.54) is 11.3 Å². The second kappa shape index (κ2) is 3.91. The molecule has 1 aromatic heterocycles. The highest BCUT2D eigenvalue weighted by Gasteiger charge is 2.07. The van der Waals surface area contributed by atoms with Crippen molar-refractivity contribution in [2.75, 3.05) is 0 Å². The molecule has 1 heterocycles. The second-order valence-corrected chi connectivity index (χ2v) is 3.74. The van der Waals surface area contributed by atoms with Crippen molar-refractivity contribution in [3.8, 4) is 22.6 Å². The molecule has 0 radical (unpaired) electrons. The maximum atomic E-state index is 8.93. The molecule has 0 saturated carbocycles. The monoisotopic (exact) mass is 211 g/mol. The topological polar surface area (TPSA) is 60.5 Å². The van der Waals surface area contributed by atoms with Crippen LogP contribution < -0.4 is 0 Å². The van der Waals surface area contributed by atoms with Crippen LogP contribution in [0.1, 0.15) is 11.1 Å². The van der Waals surface area contributed by atoms with Gasteiger partial charge >= 0.3 is 0 Å². The number of hydrogen-bond acceptors (Lipinski definition) is 4. The maximum absolute atomic E-state index is 8.93. The van der Waals surface area contributed by atoms with Gasteiger partial charge in [0, 0.05) is 11.8 Å². The van der Waals surface area contributed by atoms with Crippen molar-refractivity contribution in [3.63, 3.8) is 0 Å². The normalized spacial score (nSPS) is 9.20. The van der Waals surface area contributed by atoms with Gasteiger partial charge < -0.3 is 0 Å². The van der Waals surface area contributed by atoms with Crippen LogP contribution in [0.25, 0.3) is 10.4 Å². The van der Waals surface area contributed by atoms with E-state index in [9.17, 15) is 0 Å². The molecule has 0 bridgehead atoms. The van der Waals surface area contributed by atoms with Crippen LogP contribution in [0.2, 0.25) is 0 Å². The van der Waals surface area contributed by atoms with E-state index in [2.05, 4.69) is 17.1 Å². The van der Waals surface area contributed by atoms with Crippen LogP contribution in [0.3, 0.4) is 0 Å². The van der Waals surface area contributed by atoms with Crippen LogP contribution in [-0.4, -0.2) is 4.98 Å². The predicted molar refractivity (Wildman–Crippen MR) is 57.0 cm³/mol. The first kappa shape index (κ1) is 9.39. The molecule has 0 saturated heterocycles. The smallest absolute Gasteiger partial charge is 0.0998 e. The predicted octanol–water partition coefficient (Wildman–Crippen LogP) is 2.55. The summed E-state index contributed by atoms with van der Waals surface area (Å²) in [6, 6.07) is 9.18. The third-order valence-corrected chi connectivity index (χ3v) is 2.77. The van der Waals surface area contributed by atoms with Crippen molar-refractivity contribution in [2.24, 2.45) is 0 Å². The number of aromatic nitrogens is 1. The lowest BCUT2D eigenvalue weighted by Gasteiger charge is -2.00. The lowest BCUT2D eigenvalue weighted by molar-refractivity contribution is 1.41. The zero-order chi connectivity index (χ0) is 10.7. The first-order chi connectivity index (χ1) is 7.35. The first-order valence-corrected chi connectivity index (χ1v) is 5.06. The second-order valence-electron chi connectivity index (χ2n) is 2.85. The SMILES string of the molecule is N#Cc1ccc(C#N)c(-c2cncs2)c1. The molecular formula is C11H5N3S. The maximum Gasteiger partial charge on any atom is 0.0998 e. The molecule has 15 heavy (non-hydrogen) atoms. The number of rotatable bonds is 1. The molecule has 2 aromatic rings. The van der Waals surface area contributed by atoms with E-state index in [0.29, 0.717) is 11.1 Å². The number of nitrogens with zero attached hydrogens (tertiary/aromatic N) is 3. The Bertz CT molecular complexity index is 559. The Hall–Kier alpha value is -2.17. The van der Waals surface area contributed by atoms with E-state index in [1.54, 1.807) is 29.9 Å². The van der Waals surface area contributed by atoms with Crippen molar-refractivity contribution in [1.29, 1.82) is 10.5 Å². The molecule has 0 aliphatic carbocycles. The molecule has 4 heteroatoms. The van der Waals surface area contributed by atoms with Crippen molar-refractivity contribution in [1.82, 2.24) is 4.98 Å². The van der Waals surface area contributed by atoms with Crippen LogP contribution in [-0.2, 0) is 0 Å². The summed E-state index contributed by atoms with van der Waals surface area (Å²) in [6.07, 6.45) is 1.70. The molecule has 0 fully saturated rings. The van der Waals surface area contributed by atoms with Crippen molar-refractivity contribution >= 4 is 11.3 Å². The summed E-state index contributed by atoms with van der Waals surface area (Å²) in [5, 5.41) is 17.7. The van der Waals surface area contributed by atoms with Gasteiger partial charge in [0.1, 0.15) is 0 Å². The largest absolute Gasteiger partial charge is 0.252 e. The fourth-order valence-corrected chi connectivity index (χ4v) is 1.92. The van der Waals surface area contributed by atoms with Crippen LogP contribution in [0.15, 0.2) is 29.9 Å². The standard InChI is InChI=1S/C11H5N3S/c12-4-8-1-2-9(5-13)10(3-8)11-6-14-7-15-11/h1-3,6-7H. The zero-order valence-electron chi connectivity index (χ0n) is 7.64. The Morgan fingerprint density at radius 3 is 2.67 bits per heavy atom. The molecule has 0 atom stereocenters. The lowest BCUT2D eigenvalue weighted by Crippen LogP contribution is -1.83. The van der Waals surface area contributed by atoms with E-state index < -0.39 is 0 Å². The number of benzene rings is 1. The first-order valence-electron chi connectivity index (χ1n) is 4.18. The summed E-state index contributed by atoms with van der Waals surface area (Å²) < 4.78 is 0. The van der Waals surface area contributed by atoms with Crippen LogP contribution in [0.4, 0.5) is 0 Å². The minimum absolute atomic E-state index is 0.553. The van der Waals surface area contributed by atoms with E-state index in [4.69, 9.17) is 10.5 Å². The Balaban J connectivity index is 2.65. The number of nitriles is 2. The third-order valence-electron chi connectivity index (χ3n) is 1.97. The van der Waals surface area contributed by atoms with Gasteiger partial charge in [-0.15, -0.1) is 11.3 Å². The molecule has 0 spiro atoms. The van der Waals surface area contributed by atoms with Gasteiger partial charge in [0.05, 0.1) is 33.7 Å². The molecule has 70 valence electrons. The van der Waals surface area contributed by atoms with Gasteiger partial charge in [0.15, 0.2) is 0 Å². The summed E-state index contributed by atoms with van der Waals surface area (Å²) in [7, 11) is 0. The minimum Gasteiger partial charge on any atom is -0.252 e. The van der Waals surface area contributed by atoms with Gasteiger partial charge in [-0.1, -0.05) is 0 Å². The summed E-state index contributed by atoms with van der Waals surface area (Å²) in [5.74, 6) is 0. The summed E-state index contributed by atoms with van der Waals surface area (Å²) in [5.41, 5.74) is 3.60. The van der Waals surface area contributed by atoms with Crippen LogP contribution >= 0.6 is 11.3 Å². The Kier molecular flexibility index (Phi) is 2.45. The summed E-state index contributed by atoms with van der Waals surface area (Å²) in [6.45, 7) is 0. The highest BCUT2D eigenvalue weighted by molar-refractivity contribution is 7.13. The molecule has 0 aliphatic rings. The van der Waals surface area contributed by atoms with Gasteiger partial charge in [0.25, 0.3) is 0 Å². The Morgan fingerprint density at radius 1 is 1.20 bits per heavy atom. The zero-order valence-corrected chi connectivity index (χ0v) is 8.45. The molecule has 2 rings (SSSR count). The van der Waals surface area contributed by atoms with Gasteiger partial charge in [0.2, 0.25) is 0 Å². The molecule has 0 amide bonds. The highest BCUT2D eigenvalue weighted by atomic mass is 32.1. The van der Waals surface area contributed by atoms with Crippen molar-refractivity contribution < 1.29 is 0 Å². The lowest BCUT2D eigenvalue weighted by atomic mass is 10.0. The molecule has 0 aliphatic heterocycles. The van der Waals surface area contributed by atoms with Gasteiger partial charge in [-0.05, 0) is 18.2 Å². The fourth-order valence-electron chi connectivity index (χ4n) is 1.26. The van der Waals surface area contributed by atoms with E-state index in [-0.39, 0.29) is 0 Å². The molecular weight excluding hydrogens is 206 g/mol. The Labute approximate surface area is 90.9 Å². The van der Waals surface area contributed by atoms with Crippen LogP contribution in [0.5, 0.6) is 0 Å². The average molecular weight is 211 g/mol. The van der Waals surface area contributed by atoms with Crippen molar-refractivity contribution in [2.45, 2.75) is 0 Å². The number of hydrogen-bond donors (Lipinski definition) is 0. The number of thiazole rings is 1. The van der Waals surface area contributed by atoms with Crippen molar-refractivity contribution in [3.05, 3.63) is 41.0 Å². The third kappa shape index (κ3) is 1.71. The fraction of sp³-hybridized carbons (Fsp3) is 0. The van der Waals surface area contributed by atoms with Gasteiger partial charge in [-0.25, -0.2) is 0 Å². The molecule has 0 unspecified atom stereocenters. The summed E-state index contributed by atoms with van der Waals surface area (Å²) in [4.78, 5) is 4.86. The van der Waals surface area contributed by atoms with E-state index >= 15 is 0 Å². The Morgan fingerprint density at radius 2 is 2.07 bits per heavy atom.